The number of ether oxygens (including phenoxy) is 2. The topological polar surface area (TPSA) is 115 Å². The fourth-order valence-electron chi connectivity index (χ4n) is 4.26. The zero-order chi connectivity index (χ0) is 26.6. The minimum Gasteiger partial charge on any atom is -0.508 e. The van der Waals surface area contributed by atoms with E-state index in [-0.39, 0.29) is 5.75 Å². The molecular weight excluding hydrogens is 484 g/mol. The van der Waals surface area contributed by atoms with Crippen molar-refractivity contribution in [2.75, 3.05) is 25.7 Å². The van der Waals surface area contributed by atoms with Gasteiger partial charge >= 0.3 is 5.97 Å². The number of rotatable bonds is 8. The van der Waals surface area contributed by atoms with Crippen LogP contribution in [0.3, 0.4) is 0 Å². The third kappa shape index (κ3) is 5.10. The summed E-state index contributed by atoms with van der Waals surface area (Å²) in [7, 11) is 4.75. The van der Waals surface area contributed by atoms with Gasteiger partial charge in [-0.15, -0.1) is 0 Å². The van der Waals surface area contributed by atoms with Crippen molar-refractivity contribution in [3.8, 4) is 22.8 Å². The van der Waals surface area contributed by atoms with Crippen molar-refractivity contribution in [3.05, 3.63) is 84.6 Å². The van der Waals surface area contributed by atoms with Crippen LogP contribution in [0.15, 0.2) is 73.3 Å². The number of aromatic hydroxyl groups is 1. The van der Waals surface area contributed by atoms with E-state index in [2.05, 4.69) is 15.1 Å². The van der Waals surface area contributed by atoms with Crippen molar-refractivity contribution in [3.63, 3.8) is 0 Å². The molecule has 3 heterocycles. The van der Waals surface area contributed by atoms with Gasteiger partial charge in [-0.1, -0.05) is 0 Å². The predicted octanol–water partition coefficient (Wildman–Crippen LogP) is 4.31. The summed E-state index contributed by atoms with van der Waals surface area (Å²) in [4.78, 5) is 28.1. The van der Waals surface area contributed by atoms with Crippen LogP contribution < -0.4 is 9.64 Å². The van der Waals surface area contributed by atoms with E-state index in [1.165, 1.54) is 7.11 Å². The lowest BCUT2D eigenvalue weighted by molar-refractivity contribution is 0.0599. The molecule has 38 heavy (non-hydrogen) atoms. The lowest BCUT2D eigenvalue weighted by Crippen LogP contribution is -2.22. The van der Waals surface area contributed by atoms with E-state index in [0.29, 0.717) is 46.9 Å². The number of aryl methyl sites for hydroxylation is 1. The van der Waals surface area contributed by atoms with E-state index in [0.717, 1.165) is 16.8 Å². The Hall–Kier alpha value is -4.99. The van der Waals surface area contributed by atoms with Crippen LogP contribution in [0.1, 0.15) is 16.1 Å². The molecule has 192 valence electrons. The van der Waals surface area contributed by atoms with Gasteiger partial charge in [0.2, 0.25) is 0 Å². The highest BCUT2D eigenvalue weighted by molar-refractivity contribution is 5.90. The molecule has 0 radical (unpaired) electrons. The summed E-state index contributed by atoms with van der Waals surface area (Å²) in [6.45, 7) is 0.439. The average Bonchev–Trinajstić information content (AvgIpc) is 3.38. The number of hydrogen-bond acceptors (Lipinski definition) is 9. The maximum absolute atomic E-state index is 12.3. The Balaban J connectivity index is 1.56. The highest BCUT2D eigenvalue weighted by Crippen LogP contribution is 2.34. The van der Waals surface area contributed by atoms with Crippen LogP contribution in [0.4, 0.5) is 11.4 Å². The first-order valence-corrected chi connectivity index (χ1v) is 11.9. The van der Waals surface area contributed by atoms with Gasteiger partial charge in [0.05, 0.1) is 54.6 Å². The fraction of sp³-hybridized carbons (Fsp3) is 0.179. The van der Waals surface area contributed by atoms with Crippen molar-refractivity contribution < 1.29 is 19.4 Å². The average molecular weight is 511 g/mol. The summed E-state index contributed by atoms with van der Waals surface area (Å²) in [5, 5.41) is 14.6. The molecule has 10 heteroatoms. The van der Waals surface area contributed by atoms with E-state index < -0.39 is 5.97 Å². The third-order valence-electron chi connectivity index (χ3n) is 6.13. The monoisotopic (exact) mass is 510 g/mol. The van der Waals surface area contributed by atoms with E-state index in [9.17, 15) is 9.90 Å². The van der Waals surface area contributed by atoms with Gasteiger partial charge in [-0.05, 0) is 30.3 Å². The van der Waals surface area contributed by atoms with Crippen LogP contribution in [0.5, 0.6) is 11.5 Å². The smallest absolute Gasteiger partial charge is 0.339 e. The Morgan fingerprint density at radius 3 is 2.66 bits per heavy atom. The first-order valence-electron chi connectivity index (χ1n) is 11.9. The number of fused-ring (bicyclic) bond motifs is 1. The van der Waals surface area contributed by atoms with Gasteiger partial charge < -0.3 is 19.5 Å². The SMILES string of the molecule is COC(=O)c1cccnc1CCN(c1cc(O)cc(OC)c1)c1ccc2ncc(-c3cnn(C)c3)nc2c1. The molecule has 0 saturated heterocycles. The molecule has 0 saturated carbocycles. The molecule has 2 aromatic carbocycles. The largest absolute Gasteiger partial charge is 0.508 e. The van der Waals surface area contributed by atoms with Gasteiger partial charge in [0.1, 0.15) is 11.5 Å². The molecule has 0 spiro atoms. The van der Waals surface area contributed by atoms with Crippen molar-refractivity contribution in [1.29, 1.82) is 0 Å². The maximum atomic E-state index is 12.3. The Labute approximate surface area is 219 Å². The molecule has 0 atom stereocenters. The second-order valence-electron chi connectivity index (χ2n) is 8.61. The van der Waals surface area contributed by atoms with E-state index in [1.807, 2.05) is 42.4 Å². The summed E-state index contributed by atoms with van der Waals surface area (Å²) in [6, 6.07) is 14.2. The molecule has 0 aliphatic rings. The minimum absolute atomic E-state index is 0.0666. The minimum atomic E-state index is -0.442. The van der Waals surface area contributed by atoms with Crippen LogP contribution >= 0.6 is 0 Å². The zero-order valence-electron chi connectivity index (χ0n) is 21.2. The maximum Gasteiger partial charge on any atom is 0.339 e. The number of anilines is 2. The summed E-state index contributed by atoms with van der Waals surface area (Å²) in [5.41, 5.74) is 5.56. The molecule has 3 aromatic heterocycles. The molecule has 0 fully saturated rings. The van der Waals surface area contributed by atoms with Crippen LogP contribution in [-0.2, 0) is 18.2 Å². The first kappa shape index (κ1) is 24.7. The Morgan fingerprint density at radius 2 is 1.89 bits per heavy atom. The van der Waals surface area contributed by atoms with Gasteiger partial charge in [-0.2, -0.15) is 5.10 Å². The molecule has 5 rings (SSSR count). The van der Waals surface area contributed by atoms with Crippen molar-refractivity contribution in [2.24, 2.45) is 7.05 Å². The predicted molar refractivity (Wildman–Crippen MR) is 143 cm³/mol. The number of carbonyl (C=O) groups excluding carboxylic acids is 1. The number of esters is 1. The van der Waals surface area contributed by atoms with Crippen molar-refractivity contribution in [1.82, 2.24) is 24.7 Å². The van der Waals surface area contributed by atoms with Gasteiger partial charge in [-0.3, -0.25) is 14.6 Å². The van der Waals surface area contributed by atoms with Gasteiger partial charge in [0.15, 0.2) is 0 Å². The number of pyridine rings is 1. The Bertz CT molecular complexity index is 1620. The lowest BCUT2D eigenvalue weighted by Gasteiger charge is -2.26. The highest BCUT2D eigenvalue weighted by Gasteiger charge is 2.18. The van der Waals surface area contributed by atoms with Gasteiger partial charge in [0.25, 0.3) is 0 Å². The molecule has 0 bridgehead atoms. The third-order valence-corrected chi connectivity index (χ3v) is 6.13. The van der Waals surface area contributed by atoms with Crippen LogP contribution in [0.25, 0.3) is 22.3 Å². The van der Waals surface area contributed by atoms with E-state index >= 15 is 0 Å². The number of aromatic nitrogens is 5. The molecule has 0 aliphatic heterocycles. The molecule has 5 aromatic rings. The fourth-order valence-corrected chi connectivity index (χ4v) is 4.26. The zero-order valence-corrected chi connectivity index (χ0v) is 21.2. The highest BCUT2D eigenvalue weighted by atomic mass is 16.5. The number of nitrogens with zero attached hydrogens (tertiary/aromatic N) is 6. The molecule has 0 aliphatic carbocycles. The van der Waals surface area contributed by atoms with Crippen molar-refractivity contribution >= 4 is 28.4 Å². The number of methoxy groups -OCH3 is 2. The van der Waals surface area contributed by atoms with E-state index in [1.54, 1.807) is 54.6 Å². The summed E-state index contributed by atoms with van der Waals surface area (Å²) in [5.74, 6) is 0.136. The molecule has 0 amide bonds. The number of phenolic OH excluding ortho intramolecular Hbond substituents is 1. The Morgan fingerprint density at radius 1 is 1.03 bits per heavy atom. The van der Waals surface area contributed by atoms with E-state index in [4.69, 9.17) is 14.5 Å². The lowest BCUT2D eigenvalue weighted by atomic mass is 10.1. The Kier molecular flexibility index (Phi) is 6.86. The standard InChI is InChI=1S/C28H26N6O4/c1-33-17-18(15-31-33)27-16-30-25-7-6-19(13-26(25)32-27)34(20-11-21(35)14-22(12-20)37-2)10-8-24-23(28(36)38-3)5-4-9-29-24/h4-7,9,11-17,35H,8,10H2,1-3H3. The molecule has 0 unspecified atom stereocenters. The van der Waals surface area contributed by atoms with Gasteiger partial charge in [-0.25, -0.2) is 9.78 Å². The van der Waals surface area contributed by atoms with Crippen LogP contribution in [-0.4, -0.2) is 56.6 Å². The molecule has 10 nitrogen and oxygen atoms in total. The molecule has 1 N–H and O–H groups in total. The summed E-state index contributed by atoms with van der Waals surface area (Å²) in [6.07, 6.45) is 7.44. The quantitative estimate of drug-likeness (QED) is 0.305. The number of benzene rings is 2. The van der Waals surface area contributed by atoms with Crippen LogP contribution in [0, 0.1) is 0 Å². The number of hydrogen-bond donors (Lipinski definition) is 1. The summed E-state index contributed by atoms with van der Waals surface area (Å²) < 4.78 is 12.0. The first-order chi connectivity index (χ1) is 18.4. The molecular formula is C28H26N6O4. The second kappa shape index (κ2) is 10.6. The second-order valence-corrected chi connectivity index (χ2v) is 8.61. The van der Waals surface area contributed by atoms with Crippen LogP contribution in [0.2, 0.25) is 0 Å². The number of phenols is 1. The summed E-state index contributed by atoms with van der Waals surface area (Å²) >= 11 is 0. The van der Waals surface area contributed by atoms with Gasteiger partial charge in [0, 0.05) is 67.5 Å². The number of carbonyl (C=O) groups is 1. The normalized spacial score (nSPS) is 10.9. The van der Waals surface area contributed by atoms with Crippen molar-refractivity contribution in [2.45, 2.75) is 6.42 Å².